The van der Waals surface area contributed by atoms with E-state index in [1.54, 1.807) is 0 Å². The molecule has 0 aromatic carbocycles. The maximum Gasteiger partial charge on any atom is 0.323 e. The fourth-order valence-electron chi connectivity index (χ4n) is 1.33. The average molecular weight is 222 g/mol. The lowest BCUT2D eigenvalue weighted by Crippen LogP contribution is -2.31. The molecule has 1 fully saturated rings. The molecule has 2 atom stereocenters. The van der Waals surface area contributed by atoms with Gasteiger partial charge in [0.1, 0.15) is 18.0 Å². The van der Waals surface area contributed by atoms with E-state index in [9.17, 15) is 9.59 Å². The third-order valence-electron chi connectivity index (χ3n) is 1.98. The van der Waals surface area contributed by atoms with Crippen molar-refractivity contribution in [1.29, 1.82) is 0 Å². The first-order valence-corrected chi connectivity index (χ1v) is 4.77. The number of rotatable bonds is 3. The molecule has 1 saturated heterocycles. The van der Waals surface area contributed by atoms with Gasteiger partial charge in [0.05, 0.1) is 7.11 Å². The number of hydrogen-bond acceptors (Lipinski definition) is 5. The number of halogens is 1. The molecule has 0 unspecified atom stereocenters. The summed E-state index contributed by atoms with van der Waals surface area (Å²) in [6.45, 7) is 0.461. The first-order chi connectivity index (χ1) is 6.67. The van der Waals surface area contributed by atoms with Gasteiger partial charge in [0, 0.05) is 13.0 Å². The van der Waals surface area contributed by atoms with Crippen molar-refractivity contribution in [2.45, 2.75) is 18.6 Å². The first kappa shape index (κ1) is 11.3. The van der Waals surface area contributed by atoms with E-state index in [-0.39, 0.29) is 24.0 Å². The average Bonchev–Trinajstić information content (AvgIpc) is 2.65. The van der Waals surface area contributed by atoms with Crippen LogP contribution >= 0.6 is 11.6 Å². The number of alkyl halides is 1. The summed E-state index contributed by atoms with van der Waals surface area (Å²) in [5, 5.41) is 2.89. The van der Waals surface area contributed by atoms with Crippen molar-refractivity contribution < 1.29 is 19.1 Å². The molecule has 0 amide bonds. The number of hydrogen-bond donors (Lipinski definition) is 1. The molecule has 1 N–H and O–H groups in total. The Morgan fingerprint density at radius 1 is 1.57 bits per heavy atom. The van der Waals surface area contributed by atoms with Crippen LogP contribution in [0.5, 0.6) is 0 Å². The van der Waals surface area contributed by atoms with Gasteiger partial charge in [-0.25, -0.2) is 0 Å². The van der Waals surface area contributed by atoms with Gasteiger partial charge in [-0.15, -0.1) is 11.6 Å². The van der Waals surface area contributed by atoms with Gasteiger partial charge in [-0.2, -0.15) is 0 Å². The third kappa shape index (κ3) is 2.85. The standard InChI is InChI=1S/C8H12ClNO4/c1-13-8(12)6-2-5(4-10-6)14-7(11)3-9/h5-6,10H,2-4H2,1H3/t5-,6+/m1/s1. The zero-order valence-electron chi connectivity index (χ0n) is 7.79. The van der Waals surface area contributed by atoms with Gasteiger partial charge < -0.3 is 14.8 Å². The summed E-state index contributed by atoms with van der Waals surface area (Å²) >= 11 is 5.27. The molecule has 80 valence electrons. The van der Waals surface area contributed by atoms with E-state index >= 15 is 0 Å². The Morgan fingerprint density at radius 3 is 2.86 bits per heavy atom. The lowest BCUT2D eigenvalue weighted by Gasteiger charge is -2.09. The van der Waals surface area contributed by atoms with Crippen LogP contribution < -0.4 is 5.32 Å². The van der Waals surface area contributed by atoms with Crippen molar-refractivity contribution in [1.82, 2.24) is 5.32 Å². The van der Waals surface area contributed by atoms with Crippen LogP contribution in [0.2, 0.25) is 0 Å². The topological polar surface area (TPSA) is 64.6 Å². The molecule has 0 aromatic rings. The van der Waals surface area contributed by atoms with Crippen LogP contribution in [0.1, 0.15) is 6.42 Å². The summed E-state index contributed by atoms with van der Waals surface area (Å²) in [4.78, 5) is 21.9. The predicted molar refractivity (Wildman–Crippen MR) is 49.0 cm³/mol. The Morgan fingerprint density at radius 2 is 2.29 bits per heavy atom. The molecular weight excluding hydrogens is 210 g/mol. The van der Waals surface area contributed by atoms with Crippen LogP contribution in [0, 0.1) is 0 Å². The zero-order valence-corrected chi connectivity index (χ0v) is 8.54. The monoisotopic (exact) mass is 221 g/mol. The van der Waals surface area contributed by atoms with Crippen LogP contribution in [0.4, 0.5) is 0 Å². The van der Waals surface area contributed by atoms with E-state index in [0.717, 1.165) is 0 Å². The fourth-order valence-corrected chi connectivity index (χ4v) is 1.40. The fraction of sp³-hybridized carbons (Fsp3) is 0.750. The van der Waals surface area contributed by atoms with Gasteiger partial charge in [0.15, 0.2) is 0 Å². The minimum Gasteiger partial charge on any atom is -0.468 e. The van der Waals surface area contributed by atoms with Crippen LogP contribution in [0.3, 0.4) is 0 Å². The van der Waals surface area contributed by atoms with Gasteiger partial charge in [-0.1, -0.05) is 0 Å². The molecule has 5 nitrogen and oxygen atoms in total. The molecule has 1 aliphatic heterocycles. The van der Waals surface area contributed by atoms with Gasteiger partial charge in [0.2, 0.25) is 0 Å². The highest BCUT2D eigenvalue weighted by Gasteiger charge is 2.32. The van der Waals surface area contributed by atoms with Crippen LogP contribution in [-0.2, 0) is 19.1 Å². The Hall–Kier alpha value is -0.810. The minimum absolute atomic E-state index is 0.167. The minimum atomic E-state index is -0.469. The van der Waals surface area contributed by atoms with Crippen molar-refractivity contribution in [3.63, 3.8) is 0 Å². The number of nitrogens with one attached hydrogen (secondary N) is 1. The molecule has 0 saturated carbocycles. The SMILES string of the molecule is COC(=O)[C@@H]1C[C@@H](OC(=O)CCl)CN1. The third-order valence-corrected chi connectivity index (χ3v) is 2.20. The predicted octanol–water partition coefficient (Wildman–Crippen LogP) is -0.328. The lowest BCUT2D eigenvalue weighted by molar-refractivity contribution is -0.147. The van der Waals surface area contributed by atoms with E-state index in [1.165, 1.54) is 7.11 Å². The number of esters is 2. The summed E-state index contributed by atoms with van der Waals surface area (Å²) in [6, 6.07) is -0.381. The summed E-state index contributed by atoms with van der Waals surface area (Å²) in [5.74, 6) is -0.974. The largest absolute Gasteiger partial charge is 0.468 e. The molecule has 1 rings (SSSR count). The Bertz CT molecular complexity index is 233. The number of carbonyl (C=O) groups is 2. The Labute approximate surface area is 86.7 Å². The number of carbonyl (C=O) groups excluding carboxylic acids is 2. The second-order valence-electron chi connectivity index (χ2n) is 2.97. The zero-order chi connectivity index (χ0) is 10.6. The molecule has 0 spiro atoms. The number of ether oxygens (including phenoxy) is 2. The van der Waals surface area contributed by atoms with Gasteiger partial charge in [-0.05, 0) is 0 Å². The molecule has 1 heterocycles. The highest BCUT2D eigenvalue weighted by atomic mass is 35.5. The van der Waals surface area contributed by atoms with E-state index in [1.807, 2.05) is 0 Å². The van der Waals surface area contributed by atoms with Crippen molar-refractivity contribution in [3.8, 4) is 0 Å². The Kier molecular flexibility index (Phi) is 4.16. The molecule has 0 radical (unpaired) electrons. The molecule has 0 aliphatic carbocycles. The molecule has 0 aromatic heterocycles. The molecule has 1 aliphatic rings. The summed E-state index contributed by atoms with van der Waals surface area (Å²) in [5.41, 5.74) is 0. The first-order valence-electron chi connectivity index (χ1n) is 4.24. The second-order valence-corrected chi connectivity index (χ2v) is 3.23. The normalized spacial score (nSPS) is 25.9. The van der Waals surface area contributed by atoms with Crippen LogP contribution in [0.25, 0.3) is 0 Å². The van der Waals surface area contributed by atoms with Gasteiger partial charge >= 0.3 is 11.9 Å². The quantitative estimate of drug-likeness (QED) is 0.522. The molecule has 14 heavy (non-hydrogen) atoms. The van der Waals surface area contributed by atoms with Crippen LogP contribution in [-0.4, -0.2) is 43.6 Å². The second kappa shape index (κ2) is 5.17. The van der Waals surface area contributed by atoms with E-state index < -0.39 is 5.97 Å². The smallest absolute Gasteiger partial charge is 0.323 e. The Balaban J connectivity index is 2.34. The van der Waals surface area contributed by atoms with E-state index in [4.69, 9.17) is 16.3 Å². The van der Waals surface area contributed by atoms with Crippen molar-refractivity contribution in [2.75, 3.05) is 19.5 Å². The summed E-state index contributed by atoms with van der Waals surface area (Å²) in [6.07, 6.45) is 0.153. The summed E-state index contributed by atoms with van der Waals surface area (Å²) in [7, 11) is 1.32. The molecular formula is C8H12ClNO4. The van der Waals surface area contributed by atoms with Crippen molar-refractivity contribution in [3.05, 3.63) is 0 Å². The summed E-state index contributed by atoms with van der Waals surface area (Å²) < 4.78 is 9.49. The van der Waals surface area contributed by atoms with Gasteiger partial charge in [0.25, 0.3) is 0 Å². The lowest BCUT2D eigenvalue weighted by atomic mass is 10.2. The maximum absolute atomic E-state index is 11.1. The molecule has 6 heteroatoms. The maximum atomic E-state index is 11.1. The van der Waals surface area contributed by atoms with E-state index in [0.29, 0.717) is 13.0 Å². The van der Waals surface area contributed by atoms with Gasteiger partial charge in [-0.3, -0.25) is 9.59 Å². The van der Waals surface area contributed by atoms with Crippen molar-refractivity contribution in [2.24, 2.45) is 0 Å². The number of methoxy groups -OCH3 is 1. The van der Waals surface area contributed by atoms with E-state index in [2.05, 4.69) is 10.1 Å². The van der Waals surface area contributed by atoms with Crippen molar-refractivity contribution >= 4 is 23.5 Å². The molecule has 0 bridgehead atoms. The van der Waals surface area contributed by atoms with Crippen LogP contribution in [0.15, 0.2) is 0 Å². The highest BCUT2D eigenvalue weighted by Crippen LogP contribution is 2.11. The highest BCUT2D eigenvalue weighted by molar-refractivity contribution is 6.26.